The van der Waals surface area contributed by atoms with Gasteiger partial charge in [-0.05, 0) is 17.7 Å². The average molecular weight is 174 g/mol. The van der Waals surface area contributed by atoms with Gasteiger partial charge in [-0.3, -0.25) is 4.79 Å². The number of hydrogen-bond donors (Lipinski definition) is 0. The van der Waals surface area contributed by atoms with Crippen molar-refractivity contribution in [3.63, 3.8) is 0 Å². The molecule has 0 bridgehead atoms. The SMILES string of the molecule is CN(C)C(=O)c1ccoc1Cl. The van der Waals surface area contributed by atoms with Crippen molar-refractivity contribution in [2.24, 2.45) is 0 Å². The summed E-state index contributed by atoms with van der Waals surface area (Å²) in [5.74, 6) is -0.149. The Morgan fingerprint density at radius 2 is 2.27 bits per heavy atom. The molecule has 0 aromatic carbocycles. The fraction of sp³-hybridized carbons (Fsp3) is 0.286. The Balaban J connectivity index is 2.93. The first-order valence-corrected chi connectivity index (χ1v) is 3.45. The van der Waals surface area contributed by atoms with Crippen molar-refractivity contribution in [2.75, 3.05) is 14.1 Å². The standard InChI is InChI=1S/C7H8ClNO2/c1-9(2)7(10)5-3-4-11-6(5)8/h3-4H,1-2H3. The van der Waals surface area contributed by atoms with Gasteiger partial charge in [0.2, 0.25) is 5.22 Å². The number of carbonyl (C=O) groups excluding carboxylic acids is 1. The summed E-state index contributed by atoms with van der Waals surface area (Å²) in [7, 11) is 3.32. The van der Waals surface area contributed by atoms with Crippen LogP contribution in [0.3, 0.4) is 0 Å². The average Bonchev–Trinajstić information content (AvgIpc) is 2.33. The number of rotatable bonds is 1. The van der Waals surface area contributed by atoms with Gasteiger partial charge in [-0.25, -0.2) is 0 Å². The van der Waals surface area contributed by atoms with E-state index in [1.165, 1.54) is 11.2 Å². The van der Waals surface area contributed by atoms with Crippen LogP contribution in [0.1, 0.15) is 10.4 Å². The third-order valence-corrected chi connectivity index (χ3v) is 1.55. The largest absolute Gasteiger partial charge is 0.452 e. The van der Waals surface area contributed by atoms with Crippen LogP contribution in [0.25, 0.3) is 0 Å². The van der Waals surface area contributed by atoms with E-state index in [4.69, 9.17) is 16.0 Å². The molecule has 0 radical (unpaired) electrons. The molecule has 1 heterocycles. The molecule has 0 atom stereocenters. The zero-order valence-electron chi connectivity index (χ0n) is 6.30. The van der Waals surface area contributed by atoms with Gasteiger partial charge < -0.3 is 9.32 Å². The molecule has 60 valence electrons. The van der Waals surface area contributed by atoms with Crippen molar-refractivity contribution < 1.29 is 9.21 Å². The van der Waals surface area contributed by atoms with E-state index < -0.39 is 0 Å². The molecule has 1 aromatic rings. The molecule has 11 heavy (non-hydrogen) atoms. The molecule has 0 spiro atoms. The molecule has 0 saturated heterocycles. The lowest BCUT2D eigenvalue weighted by molar-refractivity contribution is 0.0827. The maximum Gasteiger partial charge on any atom is 0.258 e. The summed E-state index contributed by atoms with van der Waals surface area (Å²) in [5, 5.41) is 0.142. The molecule has 0 saturated carbocycles. The van der Waals surface area contributed by atoms with Crippen LogP contribution in [-0.2, 0) is 0 Å². The second-order valence-corrected chi connectivity index (χ2v) is 2.65. The number of amides is 1. The number of hydrogen-bond acceptors (Lipinski definition) is 2. The molecule has 0 aliphatic rings. The van der Waals surface area contributed by atoms with Gasteiger partial charge in [0.05, 0.1) is 11.8 Å². The number of furan rings is 1. The molecule has 0 unspecified atom stereocenters. The van der Waals surface area contributed by atoms with Gasteiger partial charge in [0.1, 0.15) is 0 Å². The van der Waals surface area contributed by atoms with Crippen LogP contribution in [0.5, 0.6) is 0 Å². The summed E-state index contributed by atoms with van der Waals surface area (Å²) >= 11 is 5.56. The quantitative estimate of drug-likeness (QED) is 0.647. The van der Waals surface area contributed by atoms with Crippen molar-refractivity contribution in [3.05, 3.63) is 23.1 Å². The molecule has 0 fully saturated rings. The second-order valence-electron chi connectivity index (χ2n) is 2.31. The topological polar surface area (TPSA) is 33.5 Å². The van der Waals surface area contributed by atoms with Crippen LogP contribution in [0, 0.1) is 0 Å². The minimum Gasteiger partial charge on any atom is -0.452 e. The van der Waals surface area contributed by atoms with E-state index in [9.17, 15) is 4.79 Å². The smallest absolute Gasteiger partial charge is 0.258 e. The number of nitrogens with zero attached hydrogens (tertiary/aromatic N) is 1. The van der Waals surface area contributed by atoms with E-state index >= 15 is 0 Å². The van der Waals surface area contributed by atoms with Gasteiger partial charge in [-0.2, -0.15) is 0 Å². The Kier molecular flexibility index (Phi) is 2.19. The zero-order chi connectivity index (χ0) is 8.43. The van der Waals surface area contributed by atoms with Crippen molar-refractivity contribution >= 4 is 17.5 Å². The van der Waals surface area contributed by atoms with Gasteiger partial charge in [-0.1, -0.05) is 0 Å². The van der Waals surface area contributed by atoms with E-state index in [1.807, 2.05) is 0 Å². The highest BCUT2D eigenvalue weighted by Crippen LogP contribution is 2.17. The van der Waals surface area contributed by atoms with Crippen LogP contribution >= 0.6 is 11.6 Å². The first-order valence-electron chi connectivity index (χ1n) is 3.07. The van der Waals surface area contributed by atoms with Crippen LogP contribution in [0.15, 0.2) is 16.7 Å². The zero-order valence-corrected chi connectivity index (χ0v) is 7.05. The van der Waals surface area contributed by atoms with Crippen molar-refractivity contribution in [1.29, 1.82) is 0 Å². The Hall–Kier alpha value is -0.960. The van der Waals surface area contributed by atoms with Gasteiger partial charge >= 0.3 is 0 Å². The first-order chi connectivity index (χ1) is 5.13. The highest BCUT2D eigenvalue weighted by Gasteiger charge is 2.13. The fourth-order valence-corrected chi connectivity index (χ4v) is 0.882. The van der Waals surface area contributed by atoms with Gasteiger partial charge in [0.15, 0.2) is 0 Å². The van der Waals surface area contributed by atoms with Crippen molar-refractivity contribution in [3.8, 4) is 0 Å². The Labute approximate surface area is 69.5 Å². The maximum atomic E-state index is 11.2. The summed E-state index contributed by atoms with van der Waals surface area (Å²) < 4.78 is 4.75. The van der Waals surface area contributed by atoms with E-state index in [0.29, 0.717) is 5.56 Å². The molecular weight excluding hydrogens is 166 g/mol. The third kappa shape index (κ3) is 1.54. The first kappa shape index (κ1) is 8.14. The molecular formula is C7H8ClNO2. The molecule has 0 aliphatic carbocycles. The molecule has 3 nitrogen and oxygen atoms in total. The van der Waals surface area contributed by atoms with E-state index in [1.54, 1.807) is 20.2 Å². The number of halogens is 1. The lowest BCUT2D eigenvalue weighted by atomic mass is 10.3. The Morgan fingerprint density at radius 3 is 2.64 bits per heavy atom. The lowest BCUT2D eigenvalue weighted by Crippen LogP contribution is -2.21. The molecule has 0 aliphatic heterocycles. The Morgan fingerprint density at radius 1 is 1.64 bits per heavy atom. The molecule has 4 heteroatoms. The summed E-state index contributed by atoms with van der Waals surface area (Å²) in [6.07, 6.45) is 1.39. The van der Waals surface area contributed by atoms with Crippen molar-refractivity contribution in [2.45, 2.75) is 0 Å². The monoisotopic (exact) mass is 173 g/mol. The third-order valence-electron chi connectivity index (χ3n) is 1.25. The summed E-state index contributed by atoms with van der Waals surface area (Å²) in [5.41, 5.74) is 0.400. The lowest BCUT2D eigenvalue weighted by Gasteiger charge is -2.07. The van der Waals surface area contributed by atoms with Gasteiger partial charge in [0, 0.05) is 14.1 Å². The maximum absolute atomic E-state index is 11.2. The predicted octanol–water partition coefficient (Wildman–Crippen LogP) is 1.63. The van der Waals surface area contributed by atoms with E-state index in [2.05, 4.69) is 0 Å². The van der Waals surface area contributed by atoms with E-state index in [-0.39, 0.29) is 11.1 Å². The minimum absolute atomic E-state index is 0.142. The van der Waals surface area contributed by atoms with Crippen LogP contribution < -0.4 is 0 Å². The fourth-order valence-electron chi connectivity index (χ4n) is 0.687. The van der Waals surface area contributed by atoms with Crippen molar-refractivity contribution in [1.82, 2.24) is 4.90 Å². The molecule has 0 N–H and O–H groups in total. The van der Waals surface area contributed by atoms with Gasteiger partial charge in [0.25, 0.3) is 5.91 Å². The molecule has 1 rings (SSSR count). The summed E-state index contributed by atoms with van der Waals surface area (Å²) in [6, 6.07) is 1.55. The van der Waals surface area contributed by atoms with Gasteiger partial charge in [-0.15, -0.1) is 0 Å². The number of carbonyl (C=O) groups is 1. The normalized spacial score (nSPS) is 9.73. The van der Waals surface area contributed by atoms with Crippen LogP contribution in [0.2, 0.25) is 5.22 Å². The molecule has 1 amide bonds. The highest BCUT2D eigenvalue weighted by molar-refractivity contribution is 6.32. The second kappa shape index (κ2) is 2.96. The minimum atomic E-state index is -0.149. The summed E-state index contributed by atoms with van der Waals surface area (Å²) in [6.45, 7) is 0. The van der Waals surface area contributed by atoms with Crippen LogP contribution in [0.4, 0.5) is 0 Å². The Bertz CT molecular complexity index is 267. The van der Waals surface area contributed by atoms with E-state index in [0.717, 1.165) is 0 Å². The highest BCUT2D eigenvalue weighted by atomic mass is 35.5. The molecule has 1 aromatic heterocycles. The predicted molar refractivity (Wildman–Crippen MR) is 41.7 cm³/mol. The summed E-state index contributed by atoms with van der Waals surface area (Å²) in [4.78, 5) is 12.6. The van der Waals surface area contributed by atoms with Crippen LogP contribution in [-0.4, -0.2) is 24.9 Å².